The quantitative estimate of drug-likeness (QED) is 0.621. The average molecular weight is 330 g/mol. The summed E-state index contributed by atoms with van der Waals surface area (Å²) in [4.78, 5) is 16.4. The van der Waals surface area contributed by atoms with Crippen LogP contribution in [0.3, 0.4) is 0 Å². The number of nitrogens with zero attached hydrogens (tertiary/aromatic N) is 5. The monoisotopic (exact) mass is 330 g/mol. The van der Waals surface area contributed by atoms with Crippen molar-refractivity contribution >= 4 is 11.2 Å². The Morgan fingerprint density at radius 3 is 2.96 bits per heavy atom. The summed E-state index contributed by atoms with van der Waals surface area (Å²) < 4.78 is 7.19. The van der Waals surface area contributed by atoms with Crippen LogP contribution in [0.15, 0.2) is 64.7 Å². The van der Waals surface area contributed by atoms with E-state index in [2.05, 4.69) is 26.0 Å². The molecule has 3 aromatic heterocycles. The molecule has 0 radical (unpaired) electrons. The van der Waals surface area contributed by atoms with Crippen LogP contribution >= 0.6 is 0 Å². The van der Waals surface area contributed by atoms with Crippen molar-refractivity contribution in [1.29, 1.82) is 5.26 Å². The molecule has 7 nitrogen and oxygen atoms in total. The van der Waals surface area contributed by atoms with Gasteiger partial charge in [0.25, 0.3) is 0 Å². The standard InChI is InChI=1S/C18H14N6O/c19-8-13-4-1-2-5-14(13)10-24-12-23-17(16-18(24)22-11-21-16)20-9-15-6-3-7-25-15/h1-7,11-12H,9-10H2,(H,21,22). The number of nitrogens with one attached hydrogen (secondary N) is 1. The summed E-state index contributed by atoms with van der Waals surface area (Å²) in [6, 6.07) is 13.4. The number of imidazole rings is 1. The summed E-state index contributed by atoms with van der Waals surface area (Å²) in [6.07, 6.45) is 4.93. The summed E-state index contributed by atoms with van der Waals surface area (Å²) >= 11 is 0. The maximum atomic E-state index is 9.25. The van der Waals surface area contributed by atoms with E-state index in [1.54, 1.807) is 25.0 Å². The molecule has 0 fully saturated rings. The lowest BCUT2D eigenvalue weighted by Crippen LogP contribution is -2.15. The molecule has 0 aliphatic heterocycles. The lowest BCUT2D eigenvalue weighted by Gasteiger charge is -2.08. The van der Waals surface area contributed by atoms with E-state index in [4.69, 9.17) is 4.42 Å². The predicted octanol–water partition coefficient (Wildman–Crippen LogP) is 2.37. The number of fused-ring (bicyclic) bond motifs is 1. The third-order valence-corrected chi connectivity index (χ3v) is 3.88. The zero-order valence-electron chi connectivity index (χ0n) is 13.3. The van der Waals surface area contributed by atoms with Crippen molar-refractivity contribution in [3.05, 3.63) is 77.7 Å². The van der Waals surface area contributed by atoms with Gasteiger partial charge in [-0.05, 0) is 23.8 Å². The Morgan fingerprint density at radius 2 is 2.12 bits per heavy atom. The maximum Gasteiger partial charge on any atom is 0.177 e. The van der Waals surface area contributed by atoms with Crippen LogP contribution in [-0.4, -0.2) is 19.5 Å². The zero-order valence-corrected chi connectivity index (χ0v) is 13.3. The molecule has 0 amide bonds. The second kappa shape index (κ2) is 6.45. The van der Waals surface area contributed by atoms with Crippen molar-refractivity contribution in [2.45, 2.75) is 13.1 Å². The molecule has 4 rings (SSSR count). The van der Waals surface area contributed by atoms with Crippen molar-refractivity contribution in [1.82, 2.24) is 19.5 Å². The van der Waals surface area contributed by atoms with E-state index in [9.17, 15) is 5.26 Å². The molecule has 4 aromatic rings. The Balaban J connectivity index is 1.73. The first-order valence-electron chi connectivity index (χ1n) is 7.74. The minimum Gasteiger partial charge on any atom is -0.467 e. The van der Waals surface area contributed by atoms with E-state index in [0.717, 1.165) is 22.5 Å². The Bertz CT molecular complexity index is 1110. The molecular weight excluding hydrogens is 316 g/mol. The van der Waals surface area contributed by atoms with Crippen molar-refractivity contribution in [3.8, 4) is 6.07 Å². The Kier molecular flexibility index (Phi) is 3.85. The number of nitriles is 1. The Labute approximate surface area is 142 Å². The highest BCUT2D eigenvalue weighted by Crippen LogP contribution is 2.12. The summed E-state index contributed by atoms with van der Waals surface area (Å²) in [5, 5.41) is 9.25. The van der Waals surface area contributed by atoms with Crippen molar-refractivity contribution < 1.29 is 4.42 Å². The van der Waals surface area contributed by atoms with E-state index in [-0.39, 0.29) is 0 Å². The first-order chi connectivity index (χ1) is 12.3. The number of hydrogen-bond acceptors (Lipinski definition) is 5. The van der Waals surface area contributed by atoms with Crippen molar-refractivity contribution in [3.63, 3.8) is 0 Å². The molecule has 3 heterocycles. The highest BCUT2D eigenvalue weighted by atomic mass is 16.3. The van der Waals surface area contributed by atoms with Crippen LogP contribution in [0, 0.1) is 11.3 Å². The molecule has 0 bridgehead atoms. The predicted molar refractivity (Wildman–Crippen MR) is 90.1 cm³/mol. The highest BCUT2D eigenvalue weighted by Gasteiger charge is 2.08. The number of aromatic amines is 1. The summed E-state index contributed by atoms with van der Waals surface area (Å²) in [5.41, 5.74) is 3.63. The highest BCUT2D eigenvalue weighted by molar-refractivity contribution is 5.68. The third-order valence-electron chi connectivity index (χ3n) is 3.88. The van der Waals surface area contributed by atoms with E-state index < -0.39 is 0 Å². The molecule has 0 spiro atoms. The molecule has 1 N–H and O–H groups in total. The summed E-state index contributed by atoms with van der Waals surface area (Å²) in [5.74, 6) is 0.772. The fraction of sp³-hybridized carbons (Fsp3) is 0.111. The van der Waals surface area contributed by atoms with Gasteiger partial charge in [-0.25, -0.2) is 9.97 Å². The number of aromatic nitrogens is 4. The molecule has 0 aliphatic rings. The molecular formula is C18H14N6O. The molecule has 7 heteroatoms. The molecule has 122 valence electrons. The van der Waals surface area contributed by atoms with Crippen LogP contribution in [0.5, 0.6) is 0 Å². The molecule has 0 saturated carbocycles. The van der Waals surface area contributed by atoms with Crippen LogP contribution < -0.4 is 5.49 Å². The number of rotatable bonds is 4. The van der Waals surface area contributed by atoms with Gasteiger partial charge in [0.05, 0.1) is 43.6 Å². The van der Waals surface area contributed by atoms with Gasteiger partial charge in [0.2, 0.25) is 0 Å². The SMILES string of the molecule is N#Cc1ccccc1Cn1cnc(=NCc2ccco2)c2[nH]cnc21. The van der Waals surface area contributed by atoms with Crippen LogP contribution in [0.2, 0.25) is 0 Å². The van der Waals surface area contributed by atoms with E-state index in [1.807, 2.05) is 34.9 Å². The largest absolute Gasteiger partial charge is 0.467 e. The minimum absolute atomic E-state index is 0.412. The topological polar surface area (TPSA) is 95.8 Å². The maximum absolute atomic E-state index is 9.25. The molecule has 0 saturated heterocycles. The smallest absolute Gasteiger partial charge is 0.177 e. The van der Waals surface area contributed by atoms with Gasteiger partial charge in [0.15, 0.2) is 11.1 Å². The Morgan fingerprint density at radius 1 is 1.20 bits per heavy atom. The molecule has 0 aliphatic carbocycles. The molecule has 0 atom stereocenters. The van der Waals surface area contributed by atoms with Gasteiger partial charge in [-0.2, -0.15) is 5.26 Å². The van der Waals surface area contributed by atoms with E-state index in [0.29, 0.717) is 24.1 Å². The zero-order chi connectivity index (χ0) is 17.1. The average Bonchev–Trinajstić information content (AvgIpc) is 3.33. The number of furan rings is 1. The third kappa shape index (κ3) is 2.93. The number of hydrogen-bond donors (Lipinski definition) is 1. The van der Waals surface area contributed by atoms with Crippen LogP contribution in [0.25, 0.3) is 11.2 Å². The van der Waals surface area contributed by atoms with Gasteiger partial charge in [0.1, 0.15) is 11.3 Å². The number of benzene rings is 1. The fourth-order valence-electron chi connectivity index (χ4n) is 2.65. The second-order valence-electron chi connectivity index (χ2n) is 5.46. The lowest BCUT2D eigenvalue weighted by molar-refractivity contribution is 0.510. The lowest BCUT2D eigenvalue weighted by atomic mass is 10.1. The van der Waals surface area contributed by atoms with Crippen molar-refractivity contribution in [2.75, 3.05) is 0 Å². The first kappa shape index (κ1) is 14.9. The fourth-order valence-corrected chi connectivity index (χ4v) is 2.65. The number of H-pyrrole nitrogens is 1. The van der Waals surface area contributed by atoms with Crippen molar-refractivity contribution in [2.24, 2.45) is 4.99 Å². The van der Waals surface area contributed by atoms with Gasteiger partial charge < -0.3 is 14.0 Å². The van der Waals surface area contributed by atoms with Gasteiger partial charge in [-0.15, -0.1) is 0 Å². The minimum atomic E-state index is 0.412. The second-order valence-corrected chi connectivity index (χ2v) is 5.46. The molecule has 0 unspecified atom stereocenters. The van der Waals surface area contributed by atoms with Crippen LogP contribution in [-0.2, 0) is 13.1 Å². The van der Waals surface area contributed by atoms with E-state index in [1.165, 1.54) is 0 Å². The first-order valence-corrected chi connectivity index (χ1v) is 7.74. The van der Waals surface area contributed by atoms with Crippen LogP contribution in [0.4, 0.5) is 0 Å². The molecule has 1 aromatic carbocycles. The van der Waals surface area contributed by atoms with Gasteiger partial charge in [-0.1, -0.05) is 18.2 Å². The van der Waals surface area contributed by atoms with Gasteiger partial charge in [-0.3, -0.25) is 4.99 Å². The van der Waals surface area contributed by atoms with E-state index >= 15 is 0 Å². The van der Waals surface area contributed by atoms with Crippen LogP contribution in [0.1, 0.15) is 16.9 Å². The summed E-state index contributed by atoms with van der Waals surface area (Å²) in [6.45, 7) is 0.923. The van der Waals surface area contributed by atoms with Gasteiger partial charge in [0, 0.05) is 0 Å². The summed E-state index contributed by atoms with van der Waals surface area (Å²) in [7, 11) is 0. The molecule has 25 heavy (non-hydrogen) atoms. The Hall–Kier alpha value is -3.66. The van der Waals surface area contributed by atoms with Gasteiger partial charge >= 0.3 is 0 Å². The normalized spacial score (nSPS) is 11.7.